The predicted molar refractivity (Wildman–Crippen MR) is 85.5 cm³/mol. The minimum absolute atomic E-state index is 0.0802. The highest BCUT2D eigenvalue weighted by atomic mass is 79.9. The Bertz CT molecular complexity index is 684. The van der Waals surface area contributed by atoms with E-state index in [9.17, 15) is 9.90 Å². The molecule has 0 aliphatic heterocycles. The zero-order valence-electron chi connectivity index (χ0n) is 11.5. The third kappa shape index (κ3) is 3.10. The van der Waals surface area contributed by atoms with Crippen molar-refractivity contribution in [2.45, 2.75) is 25.3 Å². The molecule has 3 rings (SSSR count). The molecule has 0 aromatic heterocycles. The largest absolute Gasteiger partial charge is 0.507 e. The molecule has 1 aliphatic carbocycles. The van der Waals surface area contributed by atoms with Gasteiger partial charge in [0.15, 0.2) is 0 Å². The molecule has 0 bridgehead atoms. The maximum Gasteiger partial charge on any atom is 0.251 e. The molecule has 0 spiro atoms. The molecule has 0 heterocycles. The van der Waals surface area contributed by atoms with Crippen molar-refractivity contribution < 1.29 is 9.90 Å². The van der Waals surface area contributed by atoms with Gasteiger partial charge >= 0.3 is 0 Å². The van der Waals surface area contributed by atoms with Crippen LogP contribution in [0.25, 0.3) is 0 Å². The summed E-state index contributed by atoms with van der Waals surface area (Å²) in [6.45, 7) is 0. The lowest BCUT2D eigenvalue weighted by Crippen LogP contribution is -2.38. The van der Waals surface area contributed by atoms with E-state index in [4.69, 9.17) is 0 Å². The molecule has 21 heavy (non-hydrogen) atoms. The number of aromatic hydroxyl groups is 1. The first-order valence-corrected chi connectivity index (χ1v) is 7.79. The third-order valence-corrected chi connectivity index (χ3v) is 4.56. The van der Waals surface area contributed by atoms with Crippen molar-refractivity contribution in [2.75, 3.05) is 0 Å². The minimum atomic E-state index is -0.137. The van der Waals surface area contributed by atoms with Gasteiger partial charge in [0.05, 0.1) is 4.47 Å². The van der Waals surface area contributed by atoms with Crippen LogP contribution in [-0.2, 0) is 12.8 Å². The van der Waals surface area contributed by atoms with Gasteiger partial charge in [-0.3, -0.25) is 4.79 Å². The fourth-order valence-electron chi connectivity index (χ4n) is 2.74. The molecule has 0 radical (unpaired) electrons. The quantitative estimate of drug-likeness (QED) is 0.875. The number of carbonyl (C=O) groups is 1. The van der Waals surface area contributed by atoms with Gasteiger partial charge in [-0.1, -0.05) is 24.3 Å². The van der Waals surface area contributed by atoms with Crippen molar-refractivity contribution in [2.24, 2.45) is 0 Å². The van der Waals surface area contributed by atoms with Crippen molar-refractivity contribution in [3.63, 3.8) is 0 Å². The van der Waals surface area contributed by atoms with Crippen LogP contribution in [0.15, 0.2) is 46.9 Å². The number of rotatable bonds is 2. The number of phenolic OH excluding ortho intramolecular Hbond substituents is 1. The van der Waals surface area contributed by atoms with Crippen LogP contribution in [0.5, 0.6) is 5.75 Å². The Balaban J connectivity index is 1.70. The molecule has 1 amide bonds. The minimum Gasteiger partial charge on any atom is -0.507 e. The number of halogens is 1. The lowest BCUT2D eigenvalue weighted by molar-refractivity contribution is 0.0933. The van der Waals surface area contributed by atoms with Crippen molar-refractivity contribution >= 4 is 21.8 Å². The summed E-state index contributed by atoms with van der Waals surface area (Å²) < 4.78 is 0.589. The lowest BCUT2D eigenvalue weighted by atomic mass is 9.88. The molecule has 1 aliphatic rings. The monoisotopic (exact) mass is 345 g/mol. The van der Waals surface area contributed by atoms with Crippen LogP contribution in [0.4, 0.5) is 0 Å². The summed E-state index contributed by atoms with van der Waals surface area (Å²) in [7, 11) is 0. The van der Waals surface area contributed by atoms with Crippen LogP contribution >= 0.6 is 15.9 Å². The molecule has 2 N–H and O–H groups in total. The van der Waals surface area contributed by atoms with Crippen LogP contribution in [0.2, 0.25) is 0 Å². The number of carbonyl (C=O) groups excluding carboxylic acids is 1. The van der Waals surface area contributed by atoms with Gasteiger partial charge in [0.2, 0.25) is 0 Å². The van der Waals surface area contributed by atoms with E-state index in [0.717, 1.165) is 19.3 Å². The third-order valence-electron chi connectivity index (χ3n) is 3.89. The molecule has 2 aromatic carbocycles. The smallest absolute Gasteiger partial charge is 0.251 e. The van der Waals surface area contributed by atoms with Crippen LogP contribution < -0.4 is 5.32 Å². The van der Waals surface area contributed by atoms with E-state index < -0.39 is 0 Å². The van der Waals surface area contributed by atoms with E-state index in [-0.39, 0.29) is 17.7 Å². The number of phenols is 1. The first kappa shape index (κ1) is 14.1. The fraction of sp³-hybridized carbons (Fsp3) is 0.235. The second-order valence-electron chi connectivity index (χ2n) is 5.35. The average molecular weight is 346 g/mol. The van der Waals surface area contributed by atoms with E-state index in [0.29, 0.717) is 10.0 Å². The summed E-state index contributed by atoms with van der Waals surface area (Å²) in [5, 5.41) is 12.7. The molecule has 3 nitrogen and oxygen atoms in total. The molecule has 0 fully saturated rings. The predicted octanol–water partition coefficient (Wildman–Crippen LogP) is 3.44. The van der Waals surface area contributed by atoms with Crippen LogP contribution in [0, 0.1) is 0 Å². The fourth-order valence-corrected chi connectivity index (χ4v) is 2.99. The molecular formula is C17H16BrNO2. The first-order chi connectivity index (χ1) is 10.1. The molecule has 108 valence electrons. The highest BCUT2D eigenvalue weighted by Crippen LogP contribution is 2.25. The van der Waals surface area contributed by atoms with Gasteiger partial charge in [0.25, 0.3) is 5.91 Å². The van der Waals surface area contributed by atoms with Gasteiger partial charge in [-0.05, 0) is 64.5 Å². The zero-order valence-corrected chi connectivity index (χ0v) is 13.1. The molecular weight excluding hydrogens is 330 g/mol. The number of nitrogens with one attached hydrogen (secondary N) is 1. The Morgan fingerprint density at radius 2 is 1.95 bits per heavy atom. The van der Waals surface area contributed by atoms with Crippen molar-refractivity contribution in [1.29, 1.82) is 0 Å². The van der Waals surface area contributed by atoms with Crippen molar-refractivity contribution in [3.05, 3.63) is 63.6 Å². The van der Waals surface area contributed by atoms with Crippen molar-refractivity contribution in [3.8, 4) is 5.75 Å². The van der Waals surface area contributed by atoms with Gasteiger partial charge in [-0.2, -0.15) is 0 Å². The number of benzene rings is 2. The van der Waals surface area contributed by atoms with Crippen LogP contribution in [-0.4, -0.2) is 17.1 Å². The normalized spacial score (nSPS) is 17.1. The van der Waals surface area contributed by atoms with E-state index in [1.807, 2.05) is 6.07 Å². The molecule has 4 heteroatoms. The number of fused-ring (bicyclic) bond motifs is 1. The summed E-state index contributed by atoms with van der Waals surface area (Å²) in [4.78, 5) is 12.3. The zero-order chi connectivity index (χ0) is 14.8. The standard InChI is InChI=1S/C17H16BrNO2/c18-15-8-6-13(10-16(15)20)17(21)19-14-7-5-11-3-1-2-4-12(11)9-14/h1-4,6,8,10,14,20H,5,7,9H2,(H,19,21). The highest BCUT2D eigenvalue weighted by Gasteiger charge is 2.20. The highest BCUT2D eigenvalue weighted by molar-refractivity contribution is 9.10. The van der Waals surface area contributed by atoms with Gasteiger partial charge in [-0.15, -0.1) is 0 Å². The Labute approximate surface area is 132 Å². The number of hydrogen-bond acceptors (Lipinski definition) is 2. The maximum absolute atomic E-state index is 12.3. The topological polar surface area (TPSA) is 49.3 Å². The van der Waals surface area contributed by atoms with Gasteiger partial charge in [0, 0.05) is 11.6 Å². The van der Waals surface area contributed by atoms with Crippen LogP contribution in [0.3, 0.4) is 0 Å². The molecule has 1 unspecified atom stereocenters. The second-order valence-corrected chi connectivity index (χ2v) is 6.20. The summed E-state index contributed by atoms with van der Waals surface area (Å²) in [6, 6.07) is 13.4. The summed E-state index contributed by atoms with van der Waals surface area (Å²) >= 11 is 3.21. The molecule has 0 saturated carbocycles. The summed E-state index contributed by atoms with van der Waals surface area (Å²) in [5.74, 6) is -0.0566. The Kier molecular flexibility index (Phi) is 3.97. The average Bonchev–Trinajstić information content (AvgIpc) is 2.50. The SMILES string of the molecule is O=C(NC1CCc2ccccc2C1)c1ccc(Br)c(O)c1. The number of aryl methyl sites for hydroxylation is 1. The van der Waals surface area contributed by atoms with E-state index in [1.165, 1.54) is 17.2 Å². The maximum atomic E-state index is 12.3. The van der Waals surface area contributed by atoms with Crippen LogP contribution in [0.1, 0.15) is 27.9 Å². The number of hydrogen-bond donors (Lipinski definition) is 2. The van der Waals surface area contributed by atoms with Gasteiger partial charge in [0.1, 0.15) is 5.75 Å². The Morgan fingerprint density at radius 1 is 1.19 bits per heavy atom. The molecule has 1 atom stereocenters. The second kappa shape index (κ2) is 5.90. The molecule has 0 saturated heterocycles. The van der Waals surface area contributed by atoms with E-state index in [1.54, 1.807) is 12.1 Å². The van der Waals surface area contributed by atoms with Gasteiger partial charge in [-0.25, -0.2) is 0 Å². The summed E-state index contributed by atoms with van der Waals surface area (Å²) in [5.41, 5.74) is 3.17. The Morgan fingerprint density at radius 3 is 2.71 bits per heavy atom. The lowest BCUT2D eigenvalue weighted by Gasteiger charge is -2.25. The molecule has 2 aromatic rings. The first-order valence-electron chi connectivity index (χ1n) is 6.99. The van der Waals surface area contributed by atoms with Crippen molar-refractivity contribution in [1.82, 2.24) is 5.32 Å². The van der Waals surface area contributed by atoms with E-state index >= 15 is 0 Å². The summed E-state index contributed by atoms with van der Waals surface area (Å²) in [6.07, 6.45) is 2.81. The number of amides is 1. The van der Waals surface area contributed by atoms with Gasteiger partial charge < -0.3 is 10.4 Å². The van der Waals surface area contributed by atoms with E-state index in [2.05, 4.69) is 39.4 Å². The Hall–Kier alpha value is -1.81.